The van der Waals surface area contributed by atoms with E-state index in [1.165, 1.54) is 37.2 Å². The Kier molecular flexibility index (Phi) is 3.38. The Hall–Kier alpha value is -0.600. The molecule has 0 aromatic carbocycles. The lowest BCUT2D eigenvalue weighted by Crippen LogP contribution is -2.32. The van der Waals surface area contributed by atoms with Gasteiger partial charge in [0.2, 0.25) is 0 Å². The van der Waals surface area contributed by atoms with Gasteiger partial charge < -0.3 is 0 Å². The van der Waals surface area contributed by atoms with Crippen LogP contribution in [-0.4, -0.2) is 18.0 Å². The Bertz CT molecular complexity index is 273. The first-order valence-corrected chi connectivity index (χ1v) is 6.20. The minimum Gasteiger partial charge on any atom is -0.292 e. The minimum atomic E-state index is 0.454. The summed E-state index contributed by atoms with van der Waals surface area (Å²) >= 11 is 1.84. The molecule has 0 spiro atoms. The number of hydrogen-bond donors (Lipinski definition) is 0. The fourth-order valence-electron chi connectivity index (χ4n) is 2.10. The Balaban J connectivity index is 2.08. The van der Waals surface area contributed by atoms with Crippen molar-refractivity contribution in [1.82, 2.24) is 4.90 Å². The number of thiophene rings is 1. The van der Waals surface area contributed by atoms with Gasteiger partial charge in [-0.25, -0.2) is 0 Å². The number of nitrogens with zero attached hydrogens (tertiary/aromatic N) is 1. The molecule has 1 fully saturated rings. The van der Waals surface area contributed by atoms with E-state index in [0.29, 0.717) is 6.04 Å². The molecule has 1 aliphatic rings. The van der Waals surface area contributed by atoms with Gasteiger partial charge in [-0.15, -0.1) is 17.9 Å². The van der Waals surface area contributed by atoms with E-state index in [4.69, 9.17) is 0 Å². The highest BCUT2D eigenvalue weighted by Gasteiger charge is 2.19. The van der Waals surface area contributed by atoms with Crippen LogP contribution in [0.2, 0.25) is 0 Å². The van der Waals surface area contributed by atoms with Crippen LogP contribution in [0.5, 0.6) is 0 Å². The normalized spacial score (nSPS) is 20.6. The third-order valence-electron chi connectivity index (χ3n) is 2.84. The molecule has 2 heteroatoms. The molecule has 14 heavy (non-hydrogen) atoms. The summed E-state index contributed by atoms with van der Waals surface area (Å²) < 4.78 is 0. The van der Waals surface area contributed by atoms with Gasteiger partial charge in [0.25, 0.3) is 0 Å². The van der Waals surface area contributed by atoms with Gasteiger partial charge in [-0.3, -0.25) is 4.90 Å². The summed E-state index contributed by atoms with van der Waals surface area (Å²) in [5.74, 6) is 0. The van der Waals surface area contributed by atoms with Crippen molar-refractivity contribution >= 4 is 11.3 Å². The van der Waals surface area contributed by atoms with Crippen LogP contribution in [0.25, 0.3) is 0 Å². The molecule has 2 rings (SSSR count). The molecular weight excluding hydrogens is 190 g/mol. The van der Waals surface area contributed by atoms with Crippen LogP contribution in [0.4, 0.5) is 0 Å². The molecule has 0 N–H and O–H groups in total. The van der Waals surface area contributed by atoms with Crippen LogP contribution >= 0.6 is 11.3 Å². The first kappa shape index (κ1) is 9.94. The SMILES string of the molecule is C=CC(c1cccs1)N1CCCCC1. The predicted octanol–water partition coefficient (Wildman–Crippen LogP) is 3.46. The largest absolute Gasteiger partial charge is 0.292 e. The van der Waals surface area contributed by atoms with Crippen molar-refractivity contribution in [2.75, 3.05) is 13.1 Å². The van der Waals surface area contributed by atoms with Crippen LogP contribution in [0.15, 0.2) is 30.2 Å². The summed E-state index contributed by atoms with van der Waals surface area (Å²) in [5.41, 5.74) is 0. The fourth-order valence-corrected chi connectivity index (χ4v) is 2.96. The number of rotatable bonds is 3. The maximum atomic E-state index is 3.96. The molecule has 1 nitrogen and oxygen atoms in total. The van der Waals surface area contributed by atoms with E-state index in [-0.39, 0.29) is 0 Å². The van der Waals surface area contributed by atoms with E-state index >= 15 is 0 Å². The van der Waals surface area contributed by atoms with Gasteiger partial charge in [0, 0.05) is 4.88 Å². The fraction of sp³-hybridized carbons (Fsp3) is 0.500. The maximum Gasteiger partial charge on any atom is 0.0623 e. The number of hydrogen-bond acceptors (Lipinski definition) is 2. The quantitative estimate of drug-likeness (QED) is 0.686. The Morgan fingerprint density at radius 3 is 2.71 bits per heavy atom. The molecular formula is C12H17NS. The molecule has 0 radical (unpaired) electrons. The Morgan fingerprint density at radius 2 is 2.14 bits per heavy atom. The van der Waals surface area contributed by atoms with Crippen LogP contribution in [-0.2, 0) is 0 Å². The maximum absolute atomic E-state index is 3.96. The molecule has 76 valence electrons. The van der Waals surface area contributed by atoms with E-state index in [1.807, 2.05) is 11.3 Å². The summed E-state index contributed by atoms with van der Waals surface area (Å²) in [4.78, 5) is 3.98. The molecule has 0 amide bonds. The highest BCUT2D eigenvalue weighted by atomic mass is 32.1. The molecule has 1 atom stereocenters. The van der Waals surface area contributed by atoms with Gasteiger partial charge in [-0.05, 0) is 37.4 Å². The first-order chi connectivity index (χ1) is 6.92. The number of piperidine rings is 1. The van der Waals surface area contributed by atoms with E-state index < -0.39 is 0 Å². The average molecular weight is 207 g/mol. The molecule has 1 aliphatic heterocycles. The summed E-state index contributed by atoms with van der Waals surface area (Å²) in [6.07, 6.45) is 6.16. The zero-order valence-electron chi connectivity index (χ0n) is 8.48. The second-order valence-electron chi connectivity index (χ2n) is 3.79. The van der Waals surface area contributed by atoms with Crippen molar-refractivity contribution in [1.29, 1.82) is 0 Å². The van der Waals surface area contributed by atoms with Crippen molar-refractivity contribution in [3.05, 3.63) is 35.0 Å². The molecule has 1 unspecified atom stereocenters. The van der Waals surface area contributed by atoms with Crippen molar-refractivity contribution in [2.24, 2.45) is 0 Å². The summed E-state index contributed by atoms with van der Waals surface area (Å²) in [6.45, 7) is 6.42. The van der Waals surface area contributed by atoms with E-state index in [1.54, 1.807) is 0 Å². The van der Waals surface area contributed by atoms with Crippen LogP contribution in [0.1, 0.15) is 30.2 Å². The average Bonchev–Trinajstić information content (AvgIpc) is 2.74. The lowest BCUT2D eigenvalue weighted by molar-refractivity contribution is 0.194. The van der Waals surface area contributed by atoms with Gasteiger partial charge in [-0.1, -0.05) is 18.6 Å². The van der Waals surface area contributed by atoms with Crippen LogP contribution in [0.3, 0.4) is 0 Å². The topological polar surface area (TPSA) is 3.24 Å². The summed E-state index contributed by atoms with van der Waals surface area (Å²) in [5, 5.41) is 2.15. The second kappa shape index (κ2) is 4.76. The van der Waals surface area contributed by atoms with Crippen molar-refractivity contribution < 1.29 is 0 Å². The van der Waals surface area contributed by atoms with Gasteiger partial charge in [-0.2, -0.15) is 0 Å². The van der Waals surface area contributed by atoms with Crippen LogP contribution < -0.4 is 0 Å². The molecule has 1 aromatic rings. The molecule has 1 saturated heterocycles. The van der Waals surface area contributed by atoms with Crippen molar-refractivity contribution in [3.63, 3.8) is 0 Å². The molecule has 0 bridgehead atoms. The molecule has 2 heterocycles. The van der Waals surface area contributed by atoms with E-state index in [9.17, 15) is 0 Å². The molecule has 0 saturated carbocycles. The highest BCUT2D eigenvalue weighted by molar-refractivity contribution is 7.10. The third-order valence-corrected chi connectivity index (χ3v) is 3.78. The van der Waals surface area contributed by atoms with Crippen LogP contribution in [0, 0.1) is 0 Å². The van der Waals surface area contributed by atoms with Crippen molar-refractivity contribution in [2.45, 2.75) is 25.3 Å². The summed E-state index contributed by atoms with van der Waals surface area (Å²) in [6, 6.07) is 4.79. The monoisotopic (exact) mass is 207 g/mol. The van der Waals surface area contributed by atoms with Gasteiger partial charge in [0.15, 0.2) is 0 Å². The van der Waals surface area contributed by atoms with E-state index in [2.05, 4.69) is 35.1 Å². The third kappa shape index (κ3) is 2.07. The minimum absolute atomic E-state index is 0.454. The van der Waals surface area contributed by atoms with Gasteiger partial charge >= 0.3 is 0 Å². The van der Waals surface area contributed by atoms with E-state index in [0.717, 1.165) is 0 Å². The summed E-state index contributed by atoms with van der Waals surface area (Å²) in [7, 11) is 0. The first-order valence-electron chi connectivity index (χ1n) is 5.32. The lowest BCUT2D eigenvalue weighted by atomic mass is 10.1. The standard InChI is InChI=1S/C12H17NS/c1-2-11(12-7-6-10-14-12)13-8-4-3-5-9-13/h2,6-7,10-11H,1,3-5,8-9H2. The molecule has 0 aliphatic carbocycles. The smallest absolute Gasteiger partial charge is 0.0623 e. The number of likely N-dealkylation sites (tertiary alicyclic amines) is 1. The lowest BCUT2D eigenvalue weighted by Gasteiger charge is -2.32. The molecule has 1 aromatic heterocycles. The highest BCUT2D eigenvalue weighted by Crippen LogP contribution is 2.28. The zero-order valence-corrected chi connectivity index (χ0v) is 9.30. The second-order valence-corrected chi connectivity index (χ2v) is 4.77. The predicted molar refractivity (Wildman–Crippen MR) is 62.7 cm³/mol. The van der Waals surface area contributed by atoms with Gasteiger partial charge in [0.05, 0.1) is 6.04 Å². The zero-order chi connectivity index (χ0) is 9.80. The Labute approximate surface area is 90.1 Å². The van der Waals surface area contributed by atoms with Crippen molar-refractivity contribution in [3.8, 4) is 0 Å². The Morgan fingerprint density at radius 1 is 1.36 bits per heavy atom. The van der Waals surface area contributed by atoms with Gasteiger partial charge in [0.1, 0.15) is 0 Å².